The van der Waals surface area contributed by atoms with Crippen molar-refractivity contribution in [1.29, 1.82) is 0 Å². The van der Waals surface area contributed by atoms with E-state index in [0.29, 0.717) is 4.90 Å². The molecular formula is C16H17F2NS. The zero-order valence-corrected chi connectivity index (χ0v) is 12.4. The molecule has 0 saturated heterocycles. The Morgan fingerprint density at radius 2 is 1.80 bits per heavy atom. The zero-order chi connectivity index (χ0) is 14.5. The molecule has 4 heteroatoms. The third kappa shape index (κ3) is 3.81. The van der Waals surface area contributed by atoms with Crippen LogP contribution < -0.4 is 5.32 Å². The van der Waals surface area contributed by atoms with Crippen LogP contribution in [0.15, 0.2) is 46.2 Å². The fraction of sp³-hybridized carbons (Fsp3) is 0.250. The van der Waals surface area contributed by atoms with E-state index >= 15 is 0 Å². The van der Waals surface area contributed by atoms with E-state index in [0.717, 1.165) is 29.6 Å². The molecule has 0 aliphatic heterocycles. The Morgan fingerprint density at radius 1 is 1.05 bits per heavy atom. The van der Waals surface area contributed by atoms with Gasteiger partial charge in [0.15, 0.2) is 0 Å². The molecule has 0 heterocycles. The highest BCUT2D eigenvalue weighted by Gasteiger charge is 2.08. The molecule has 1 nitrogen and oxygen atoms in total. The molecule has 2 aromatic rings. The van der Waals surface area contributed by atoms with Crippen LogP contribution in [0.3, 0.4) is 0 Å². The van der Waals surface area contributed by atoms with Crippen LogP contribution in [0.25, 0.3) is 0 Å². The average molecular weight is 293 g/mol. The number of hydrogen-bond donors (Lipinski definition) is 1. The quantitative estimate of drug-likeness (QED) is 0.869. The van der Waals surface area contributed by atoms with Gasteiger partial charge < -0.3 is 5.32 Å². The van der Waals surface area contributed by atoms with Crippen molar-refractivity contribution in [2.24, 2.45) is 0 Å². The van der Waals surface area contributed by atoms with E-state index in [1.165, 1.54) is 29.5 Å². The Labute approximate surface area is 122 Å². The fourth-order valence-electron chi connectivity index (χ4n) is 1.88. The van der Waals surface area contributed by atoms with Gasteiger partial charge in [-0.25, -0.2) is 8.78 Å². The zero-order valence-electron chi connectivity index (χ0n) is 11.5. The topological polar surface area (TPSA) is 12.0 Å². The minimum absolute atomic E-state index is 0.439. The molecule has 2 aromatic carbocycles. The average Bonchev–Trinajstić information content (AvgIpc) is 2.42. The molecule has 0 fully saturated rings. The summed E-state index contributed by atoms with van der Waals surface area (Å²) >= 11 is 1.32. The number of aryl methyl sites for hydroxylation is 1. The van der Waals surface area contributed by atoms with Crippen LogP contribution in [-0.4, -0.2) is 6.54 Å². The first kappa shape index (κ1) is 15.0. The molecule has 0 unspecified atom stereocenters. The lowest BCUT2D eigenvalue weighted by Gasteiger charge is -2.09. The number of hydrogen-bond acceptors (Lipinski definition) is 2. The van der Waals surface area contributed by atoms with Crippen LogP contribution in [0.1, 0.15) is 18.1 Å². The van der Waals surface area contributed by atoms with Gasteiger partial charge in [0.05, 0.1) is 0 Å². The summed E-state index contributed by atoms with van der Waals surface area (Å²) in [6.07, 6.45) is 0. The summed E-state index contributed by atoms with van der Waals surface area (Å²) in [5.41, 5.74) is 2.29. The van der Waals surface area contributed by atoms with E-state index < -0.39 is 11.6 Å². The SMILES string of the molecule is CCNCc1ccc(Sc2ccc(F)cc2F)c(C)c1. The van der Waals surface area contributed by atoms with Gasteiger partial charge in [-0.1, -0.05) is 30.8 Å². The van der Waals surface area contributed by atoms with Crippen molar-refractivity contribution in [2.45, 2.75) is 30.2 Å². The summed E-state index contributed by atoms with van der Waals surface area (Å²) < 4.78 is 26.5. The van der Waals surface area contributed by atoms with Crippen LogP contribution in [-0.2, 0) is 6.54 Å². The number of rotatable bonds is 5. The summed E-state index contributed by atoms with van der Waals surface area (Å²) in [7, 11) is 0. The van der Waals surface area contributed by atoms with E-state index in [-0.39, 0.29) is 0 Å². The Morgan fingerprint density at radius 3 is 2.45 bits per heavy atom. The van der Waals surface area contributed by atoms with Gasteiger partial charge in [0.1, 0.15) is 11.6 Å². The lowest BCUT2D eigenvalue weighted by Crippen LogP contribution is -2.11. The molecule has 0 aliphatic rings. The lowest BCUT2D eigenvalue weighted by molar-refractivity contribution is 0.565. The maximum atomic E-state index is 13.6. The predicted molar refractivity (Wildman–Crippen MR) is 79.0 cm³/mol. The maximum absolute atomic E-state index is 13.6. The van der Waals surface area contributed by atoms with Crippen LogP contribution in [0.5, 0.6) is 0 Å². The number of halogens is 2. The first-order valence-corrected chi connectivity index (χ1v) is 7.35. The predicted octanol–water partition coefficient (Wildman–Crippen LogP) is 4.53. The molecule has 0 amide bonds. The van der Waals surface area contributed by atoms with Gasteiger partial charge in [-0.05, 0) is 42.8 Å². The second-order valence-electron chi connectivity index (χ2n) is 4.56. The van der Waals surface area contributed by atoms with Crippen LogP contribution >= 0.6 is 11.8 Å². The summed E-state index contributed by atoms with van der Waals surface area (Å²) in [6, 6.07) is 9.76. The summed E-state index contributed by atoms with van der Waals surface area (Å²) in [5, 5.41) is 3.27. The Balaban J connectivity index is 2.17. The highest BCUT2D eigenvalue weighted by atomic mass is 32.2. The first-order chi connectivity index (χ1) is 9.60. The van der Waals surface area contributed by atoms with Gasteiger partial charge >= 0.3 is 0 Å². The van der Waals surface area contributed by atoms with Crippen LogP contribution in [0, 0.1) is 18.6 Å². The van der Waals surface area contributed by atoms with Gasteiger partial charge in [-0.3, -0.25) is 0 Å². The van der Waals surface area contributed by atoms with Crippen molar-refractivity contribution in [2.75, 3.05) is 6.54 Å². The minimum atomic E-state index is -0.551. The molecule has 0 aromatic heterocycles. The van der Waals surface area contributed by atoms with Crippen molar-refractivity contribution in [3.63, 3.8) is 0 Å². The molecule has 106 valence electrons. The van der Waals surface area contributed by atoms with Crippen molar-refractivity contribution in [3.8, 4) is 0 Å². The first-order valence-electron chi connectivity index (χ1n) is 6.53. The van der Waals surface area contributed by atoms with Gasteiger partial charge in [-0.15, -0.1) is 0 Å². The largest absolute Gasteiger partial charge is 0.313 e. The maximum Gasteiger partial charge on any atom is 0.140 e. The normalized spacial score (nSPS) is 10.8. The molecule has 0 aliphatic carbocycles. The van der Waals surface area contributed by atoms with E-state index in [1.54, 1.807) is 0 Å². The third-order valence-electron chi connectivity index (χ3n) is 2.93. The van der Waals surface area contributed by atoms with Crippen LogP contribution in [0.4, 0.5) is 8.78 Å². The van der Waals surface area contributed by atoms with E-state index in [4.69, 9.17) is 0 Å². The molecule has 1 N–H and O–H groups in total. The number of nitrogens with one attached hydrogen (secondary N) is 1. The van der Waals surface area contributed by atoms with Gasteiger partial charge in [0.2, 0.25) is 0 Å². The van der Waals surface area contributed by atoms with Crippen molar-refractivity contribution < 1.29 is 8.78 Å². The minimum Gasteiger partial charge on any atom is -0.313 e. The Bertz CT molecular complexity index is 599. The molecular weight excluding hydrogens is 276 g/mol. The van der Waals surface area contributed by atoms with E-state index in [1.807, 2.05) is 19.1 Å². The standard InChI is InChI=1S/C16H17F2NS/c1-3-19-10-12-4-6-15(11(2)8-12)20-16-7-5-13(17)9-14(16)18/h4-9,19H,3,10H2,1-2H3. The fourth-order valence-corrected chi connectivity index (χ4v) is 2.77. The van der Waals surface area contributed by atoms with Gasteiger partial charge in [-0.2, -0.15) is 0 Å². The summed E-state index contributed by atoms with van der Waals surface area (Å²) in [6.45, 7) is 5.82. The summed E-state index contributed by atoms with van der Waals surface area (Å²) in [5.74, 6) is -1.07. The Hall–Kier alpha value is -1.39. The monoisotopic (exact) mass is 293 g/mol. The molecule has 0 bridgehead atoms. The van der Waals surface area contributed by atoms with Crippen LogP contribution in [0.2, 0.25) is 0 Å². The van der Waals surface area contributed by atoms with Gasteiger partial charge in [0, 0.05) is 22.4 Å². The van der Waals surface area contributed by atoms with Crippen molar-refractivity contribution in [3.05, 3.63) is 59.2 Å². The molecule has 2 rings (SSSR count). The number of benzene rings is 2. The molecule has 0 spiro atoms. The van der Waals surface area contributed by atoms with E-state index in [9.17, 15) is 8.78 Å². The lowest BCUT2D eigenvalue weighted by atomic mass is 10.1. The van der Waals surface area contributed by atoms with Crippen molar-refractivity contribution in [1.82, 2.24) is 5.32 Å². The second-order valence-corrected chi connectivity index (χ2v) is 5.64. The highest BCUT2D eigenvalue weighted by molar-refractivity contribution is 7.99. The summed E-state index contributed by atoms with van der Waals surface area (Å²) in [4.78, 5) is 1.42. The molecule has 20 heavy (non-hydrogen) atoms. The smallest absolute Gasteiger partial charge is 0.140 e. The van der Waals surface area contributed by atoms with Gasteiger partial charge in [0.25, 0.3) is 0 Å². The third-order valence-corrected chi connectivity index (χ3v) is 4.16. The second kappa shape index (κ2) is 6.86. The molecule has 0 saturated carbocycles. The van der Waals surface area contributed by atoms with E-state index in [2.05, 4.69) is 18.3 Å². The molecule has 0 atom stereocenters. The highest BCUT2D eigenvalue weighted by Crippen LogP contribution is 2.32. The Kier molecular flexibility index (Phi) is 5.15. The van der Waals surface area contributed by atoms with Crippen molar-refractivity contribution >= 4 is 11.8 Å². The molecule has 0 radical (unpaired) electrons.